The molecule has 19 heavy (non-hydrogen) atoms. The van der Waals surface area contributed by atoms with Crippen molar-refractivity contribution in [2.45, 2.75) is 20.1 Å². The molecule has 0 bridgehead atoms. The summed E-state index contributed by atoms with van der Waals surface area (Å²) in [5.74, 6) is -0.309. The molecule has 0 aliphatic carbocycles. The Morgan fingerprint density at radius 3 is 2.95 bits per heavy atom. The summed E-state index contributed by atoms with van der Waals surface area (Å²) >= 11 is 6.04. The van der Waals surface area contributed by atoms with E-state index in [0.717, 1.165) is 11.1 Å². The Labute approximate surface area is 115 Å². The Kier molecular flexibility index (Phi) is 4.01. The zero-order valence-electron chi connectivity index (χ0n) is 10.3. The van der Waals surface area contributed by atoms with Crippen molar-refractivity contribution in [3.05, 3.63) is 40.7 Å². The number of aryl methyl sites for hydroxylation is 1. The molecule has 2 aromatic rings. The Balaban J connectivity index is 1.89. The first-order valence-corrected chi connectivity index (χ1v) is 5.98. The fourth-order valence-electron chi connectivity index (χ4n) is 1.49. The molecule has 0 atom stereocenters. The number of carbonyl (C=O) groups is 1. The maximum Gasteiger partial charge on any atom is 0.328 e. The Morgan fingerprint density at radius 1 is 1.53 bits per heavy atom. The minimum Gasteiger partial charge on any atom is -0.459 e. The van der Waals surface area contributed by atoms with Crippen LogP contribution in [0.5, 0.6) is 0 Å². The lowest BCUT2D eigenvalue weighted by Crippen LogP contribution is -2.14. The summed E-state index contributed by atoms with van der Waals surface area (Å²) < 4.78 is 6.42. The molecule has 0 saturated carbocycles. The molecule has 2 N–H and O–H groups in total. The van der Waals surface area contributed by atoms with Gasteiger partial charge in [0.1, 0.15) is 19.5 Å². The number of rotatable bonds is 4. The molecule has 2 rings (SSSR count). The van der Waals surface area contributed by atoms with E-state index in [2.05, 4.69) is 10.1 Å². The molecule has 0 radical (unpaired) electrons. The van der Waals surface area contributed by atoms with Crippen LogP contribution in [0.3, 0.4) is 0 Å². The largest absolute Gasteiger partial charge is 0.459 e. The summed E-state index contributed by atoms with van der Waals surface area (Å²) in [7, 11) is 0. The lowest BCUT2D eigenvalue weighted by molar-refractivity contribution is -0.145. The van der Waals surface area contributed by atoms with Gasteiger partial charge in [-0.2, -0.15) is 0 Å². The fraction of sp³-hybridized carbons (Fsp3) is 0.250. The second-order valence-electron chi connectivity index (χ2n) is 4.06. The van der Waals surface area contributed by atoms with Crippen LogP contribution in [0, 0.1) is 6.92 Å². The van der Waals surface area contributed by atoms with Crippen molar-refractivity contribution >= 4 is 23.5 Å². The van der Waals surface area contributed by atoms with Gasteiger partial charge in [0.15, 0.2) is 0 Å². The van der Waals surface area contributed by atoms with E-state index in [1.807, 2.05) is 25.1 Å². The topological polar surface area (TPSA) is 83.0 Å². The van der Waals surface area contributed by atoms with Crippen LogP contribution in [-0.2, 0) is 22.7 Å². The molecule has 6 nitrogen and oxygen atoms in total. The fourth-order valence-corrected chi connectivity index (χ4v) is 1.78. The van der Waals surface area contributed by atoms with Crippen LogP contribution in [0.25, 0.3) is 0 Å². The number of esters is 1. The standard InChI is InChI=1S/C12H13ClN4O2/c1-8-2-3-9(10(13)4-8)6-19-11(18)5-17-7-15-12(14)16-17/h2-4,7H,5-6H2,1H3,(H2,14,16). The molecule has 1 heterocycles. The van der Waals surface area contributed by atoms with E-state index in [9.17, 15) is 4.79 Å². The normalized spacial score (nSPS) is 10.4. The zero-order chi connectivity index (χ0) is 13.8. The van der Waals surface area contributed by atoms with Crippen LogP contribution in [0.1, 0.15) is 11.1 Å². The molecule has 100 valence electrons. The number of nitrogens with two attached hydrogens (primary N) is 1. The van der Waals surface area contributed by atoms with Crippen LogP contribution < -0.4 is 5.73 Å². The van der Waals surface area contributed by atoms with E-state index in [1.54, 1.807) is 0 Å². The van der Waals surface area contributed by atoms with Crippen molar-refractivity contribution in [3.8, 4) is 0 Å². The molecule has 0 spiro atoms. The van der Waals surface area contributed by atoms with Gasteiger partial charge in [0.25, 0.3) is 0 Å². The van der Waals surface area contributed by atoms with Crippen LogP contribution in [0.2, 0.25) is 5.02 Å². The predicted molar refractivity (Wildman–Crippen MR) is 70.4 cm³/mol. The number of anilines is 1. The van der Waals surface area contributed by atoms with Gasteiger partial charge < -0.3 is 10.5 Å². The van der Waals surface area contributed by atoms with Crippen LogP contribution in [-0.4, -0.2) is 20.7 Å². The number of nitrogen functional groups attached to an aromatic ring is 1. The van der Waals surface area contributed by atoms with Gasteiger partial charge in [-0.05, 0) is 18.6 Å². The van der Waals surface area contributed by atoms with Gasteiger partial charge >= 0.3 is 5.97 Å². The van der Waals surface area contributed by atoms with E-state index in [4.69, 9.17) is 22.1 Å². The lowest BCUT2D eigenvalue weighted by Gasteiger charge is -2.07. The number of ether oxygens (including phenoxy) is 1. The molecule has 7 heteroatoms. The summed E-state index contributed by atoms with van der Waals surface area (Å²) in [5.41, 5.74) is 7.16. The average molecular weight is 281 g/mol. The highest BCUT2D eigenvalue weighted by molar-refractivity contribution is 6.31. The van der Waals surface area contributed by atoms with Gasteiger partial charge in [-0.15, -0.1) is 5.10 Å². The lowest BCUT2D eigenvalue weighted by atomic mass is 10.2. The Bertz CT molecular complexity index is 597. The third kappa shape index (κ3) is 3.69. The smallest absolute Gasteiger partial charge is 0.328 e. The molecule has 1 aromatic carbocycles. The highest BCUT2D eigenvalue weighted by Gasteiger charge is 2.08. The second-order valence-corrected chi connectivity index (χ2v) is 4.46. The van der Waals surface area contributed by atoms with Gasteiger partial charge in [-0.3, -0.25) is 4.79 Å². The molecule has 0 aliphatic heterocycles. The van der Waals surface area contributed by atoms with Gasteiger partial charge in [-0.25, -0.2) is 9.67 Å². The number of nitrogens with zero attached hydrogens (tertiary/aromatic N) is 3. The molecule has 1 aromatic heterocycles. The van der Waals surface area contributed by atoms with Crippen molar-refractivity contribution in [2.75, 3.05) is 5.73 Å². The quantitative estimate of drug-likeness (QED) is 0.860. The first-order chi connectivity index (χ1) is 9.04. The summed E-state index contributed by atoms with van der Waals surface area (Å²) in [5, 5.41) is 4.37. The van der Waals surface area contributed by atoms with Crippen molar-refractivity contribution < 1.29 is 9.53 Å². The molecular weight excluding hydrogens is 268 g/mol. The highest BCUT2D eigenvalue weighted by atomic mass is 35.5. The highest BCUT2D eigenvalue weighted by Crippen LogP contribution is 2.18. The summed E-state index contributed by atoms with van der Waals surface area (Å²) in [6, 6.07) is 5.56. The van der Waals surface area contributed by atoms with Gasteiger partial charge in [-0.1, -0.05) is 23.7 Å². The van der Waals surface area contributed by atoms with E-state index >= 15 is 0 Å². The average Bonchev–Trinajstić information content (AvgIpc) is 2.73. The number of hydrogen-bond acceptors (Lipinski definition) is 5. The van der Waals surface area contributed by atoms with E-state index in [-0.39, 0.29) is 19.1 Å². The molecule has 0 fully saturated rings. The number of halogens is 1. The minimum absolute atomic E-state index is 0.0340. The molecule has 0 aliphatic rings. The summed E-state index contributed by atoms with van der Waals surface area (Å²) in [6.45, 7) is 2.03. The van der Waals surface area contributed by atoms with Gasteiger partial charge in [0.2, 0.25) is 5.95 Å². The van der Waals surface area contributed by atoms with Crippen LogP contribution in [0.15, 0.2) is 24.5 Å². The molecule has 0 saturated heterocycles. The number of benzene rings is 1. The number of aromatic nitrogens is 3. The SMILES string of the molecule is Cc1ccc(COC(=O)Cn2cnc(N)n2)c(Cl)c1. The second kappa shape index (κ2) is 5.71. The van der Waals surface area contributed by atoms with Gasteiger partial charge in [0, 0.05) is 10.6 Å². The van der Waals surface area contributed by atoms with E-state index in [0.29, 0.717) is 5.02 Å². The van der Waals surface area contributed by atoms with Crippen LogP contribution >= 0.6 is 11.6 Å². The first kappa shape index (κ1) is 13.4. The van der Waals surface area contributed by atoms with E-state index in [1.165, 1.54) is 11.0 Å². The number of carbonyl (C=O) groups excluding carboxylic acids is 1. The summed E-state index contributed by atoms with van der Waals surface area (Å²) in [6.07, 6.45) is 1.37. The van der Waals surface area contributed by atoms with Crippen molar-refractivity contribution in [1.29, 1.82) is 0 Å². The summed E-state index contributed by atoms with van der Waals surface area (Å²) in [4.78, 5) is 15.3. The maximum absolute atomic E-state index is 11.6. The van der Waals surface area contributed by atoms with E-state index < -0.39 is 5.97 Å². The molecular formula is C12H13ClN4O2. The minimum atomic E-state index is -0.429. The zero-order valence-corrected chi connectivity index (χ0v) is 11.1. The third-order valence-corrected chi connectivity index (χ3v) is 2.79. The van der Waals surface area contributed by atoms with Crippen molar-refractivity contribution in [2.24, 2.45) is 0 Å². The molecule has 0 amide bonds. The van der Waals surface area contributed by atoms with Gasteiger partial charge in [0.05, 0.1) is 0 Å². The Morgan fingerprint density at radius 2 is 2.32 bits per heavy atom. The predicted octanol–water partition coefficient (Wildman–Crippen LogP) is 1.57. The monoisotopic (exact) mass is 280 g/mol. The molecule has 0 unspecified atom stereocenters. The number of hydrogen-bond donors (Lipinski definition) is 1. The van der Waals surface area contributed by atoms with Crippen molar-refractivity contribution in [3.63, 3.8) is 0 Å². The third-order valence-electron chi connectivity index (χ3n) is 2.44. The van der Waals surface area contributed by atoms with Crippen LogP contribution in [0.4, 0.5) is 5.95 Å². The Hall–Kier alpha value is -2.08. The van der Waals surface area contributed by atoms with Crippen molar-refractivity contribution in [1.82, 2.24) is 14.8 Å². The maximum atomic E-state index is 11.6. The first-order valence-electron chi connectivity index (χ1n) is 5.60.